The molecule has 0 N–H and O–H groups in total. The summed E-state index contributed by atoms with van der Waals surface area (Å²) in [6, 6.07) is 79.4. The Kier molecular flexibility index (Phi) is 8.04. The van der Waals surface area contributed by atoms with Crippen LogP contribution in [-0.2, 0) is 0 Å². The first-order chi connectivity index (χ1) is 28.3. The Morgan fingerprint density at radius 2 is 0.930 bits per heavy atom. The molecule has 0 aliphatic carbocycles. The lowest BCUT2D eigenvalue weighted by atomic mass is 9.94. The molecule has 0 amide bonds. The van der Waals surface area contributed by atoms with Crippen LogP contribution in [0.5, 0.6) is 0 Å². The van der Waals surface area contributed by atoms with Crippen molar-refractivity contribution in [1.29, 1.82) is 0 Å². The highest BCUT2D eigenvalue weighted by Crippen LogP contribution is 2.47. The van der Waals surface area contributed by atoms with Crippen LogP contribution in [0.25, 0.3) is 81.0 Å². The topological polar surface area (TPSA) is 8.17 Å². The van der Waals surface area contributed by atoms with Crippen molar-refractivity contribution in [2.45, 2.75) is 0 Å². The van der Waals surface area contributed by atoms with E-state index >= 15 is 0 Å². The standard InChI is InChI=1S/C54H36N2S/c1-3-17-37(18-4-1)42-23-7-8-24-43(42)38-19-15-22-40(35-38)55(41-33-34-46-44-25-9-13-31-51(44)56(52(46)36-41)39-20-5-2-6-21-39)50-30-12-10-26-45(50)48-28-16-29-49-47-27-11-14-32-53(47)57-54(48)49/h1-36H. The van der Waals surface area contributed by atoms with Crippen molar-refractivity contribution in [1.82, 2.24) is 4.57 Å². The van der Waals surface area contributed by atoms with Gasteiger partial charge >= 0.3 is 0 Å². The molecule has 0 bridgehead atoms. The second-order valence-electron chi connectivity index (χ2n) is 14.5. The first-order valence-electron chi connectivity index (χ1n) is 19.4. The fourth-order valence-electron chi connectivity index (χ4n) is 8.65. The highest BCUT2D eigenvalue weighted by atomic mass is 32.1. The van der Waals surface area contributed by atoms with E-state index in [-0.39, 0.29) is 0 Å². The van der Waals surface area contributed by atoms with Gasteiger partial charge in [0.15, 0.2) is 0 Å². The Labute approximate surface area is 335 Å². The maximum absolute atomic E-state index is 2.46. The summed E-state index contributed by atoms with van der Waals surface area (Å²) in [5, 5.41) is 5.07. The minimum Gasteiger partial charge on any atom is -0.310 e. The van der Waals surface area contributed by atoms with E-state index in [2.05, 4.69) is 228 Å². The number of hydrogen-bond acceptors (Lipinski definition) is 2. The molecule has 0 radical (unpaired) electrons. The van der Waals surface area contributed by atoms with Gasteiger partial charge < -0.3 is 9.47 Å². The Bertz CT molecular complexity index is 3250. The Hall–Kier alpha value is -7.20. The van der Waals surface area contributed by atoms with E-state index in [0.717, 1.165) is 22.7 Å². The molecule has 0 aliphatic rings. The summed E-state index contributed by atoms with van der Waals surface area (Å²) in [7, 11) is 0. The summed E-state index contributed by atoms with van der Waals surface area (Å²) in [5.74, 6) is 0. The molecule has 2 nitrogen and oxygen atoms in total. The van der Waals surface area contributed by atoms with Crippen molar-refractivity contribution in [3.05, 3.63) is 218 Å². The van der Waals surface area contributed by atoms with Crippen LogP contribution in [0, 0.1) is 0 Å². The molecule has 0 saturated carbocycles. The average Bonchev–Trinajstić information content (AvgIpc) is 3.83. The van der Waals surface area contributed by atoms with E-state index in [1.165, 1.54) is 75.4 Å². The molecule has 2 aromatic heterocycles. The molecule has 0 atom stereocenters. The summed E-state index contributed by atoms with van der Waals surface area (Å²) >= 11 is 1.88. The number of para-hydroxylation sites is 3. The highest BCUT2D eigenvalue weighted by Gasteiger charge is 2.22. The van der Waals surface area contributed by atoms with E-state index in [9.17, 15) is 0 Å². The van der Waals surface area contributed by atoms with E-state index < -0.39 is 0 Å². The van der Waals surface area contributed by atoms with Crippen LogP contribution in [0.2, 0.25) is 0 Å². The number of thiophene rings is 1. The van der Waals surface area contributed by atoms with Crippen molar-refractivity contribution in [2.75, 3.05) is 4.90 Å². The predicted octanol–water partition coefficient (Wildman–Crippen LogP) is 15.6. The molecular weight excluding hydrogens is 709 g/mol. The van der Waals surface area contributed by atoms with Gasteiger partial charge in [0.05, 0.1) is 16.7 Å². The van der Waals surface area contributed by atoms with Gasteiger partial charge in [-0.2, -0.15) is 0 Å². The molecule has 11 rings (SSSR count). The summed E-state index contributed by atoms with van der Waals surface area (Å²) in [5.41, 5.74) is 14.0. The van der Waals surface area contributed by atoms with E-state index in [0.29, 0.717) is 0 Å². The SMILES string of the molecule is c1ccc(-c2ccccc2-c2cccc(N(c3ccc4c5ccccc5n(-c5ccccc5)c4c3)c3ccccc3-c3cccc4c3sc3ccccc34)c2)cc1. The third-order valence-corrected chi connectivity index (χ3v) is 12.4. The van der Waals surface area contributed by atoms with Gasteiger partial charge in [-0.05, 0) is 76.9 Å². The first-order valence-corrected chi connectivity index (χ1v) is 20.3. The lowest BCUT2D eigenvalue weighted by molar-refractivity contribution is 1.18. The second-order valence-corrected chi connectivity index (χ2v) is 15.5. The van der Waals surface area contributed by atoms with Crippen LogP contribution in [0.1, 0.15) is 0 Å². The smallest absolute Gasteiger partial charge is 0.0561 e. The average molecular weight is 745 g/mol. The minimum absolute atomic E-state index is 1.09. The monoisotopic (exact) mass is 744 g/mol. The molecule has 0 aliphatic heterocycles. The normalized spacial score (nSPS) is 11.5. The van der Waals surface area contributed by atoms with E-state index in [1.54, 1.807) is 0 Å². The van der Waals surface area contributed by atoms with Crippen molar-refractivity contribution in [3.8, 4) is 39.1 Å². The zero-order chi connectivity index (χ0) is 37.7. The number of aromatic nitrogens is 1. The fraction of sp³-hybridized carbons (Fsp3) is 0. The molecule has 11 aromatic rings. The highest BCUT2D eigenvalue weighted by molar-refractivity contribution is 7.26. The van der Waals surface area contributed by atoms with Crippen LogP contribution in [0.15, 0.2) is 218 Å². The van der Waals surface area contributed by atoms with Crippen LogP contribution in [-0.4, -0.2) is 4.57 Å². The number of benzene rings is 9. The Morgan fingerprint density at radius 3 is 1.77 bits per heavy atom. The summed E-state index contributed by atoms with van der Waals surface area (Å²) in [4.78, 5) is 2.46. The maximum atomic E-state index is 2.46. The zero-order valence-electron chi connectivity index (χ0n) is 31.1. The van der Waals surface area contributed by atoms with Gasteiger partial charge in [0.25, 0.3) is 0 Å². The largest absolute Gasteiger partial charge is 0.310 e. The molecule has 3 heteroatoms. The van der Waals surface area contributed by atoms with Crippen molar-refractivity contribution < 1.29 is 0 Å². The third-order valence-electron chi connectivity index (χ3n) is 11.2. The van der Waals surface area contributed by atoms with Crippen LogP contribution in [0.3, 0.4) is 0 Å². The quantitative estimate of drug-likeness (QED) is 0.158. The van der Waals surface area contributed by atoms with Crippen LogP contribution >= 0.6 is 11.3 Å². The number of fused-ring (bicyclic) bond motifs is 6. The molecule has 2 heterocycles. The van der Waals surface area contributed by atoms with Crippen LogP contribution in [0.4, 0.5) is 17.1 Å². The van der Waals surface area contributed by atoms with Gasteiger partial charge in [0.1, 0.15) is 0 Å². The summed E-state index contributed by atoms with van der Waals surface area (Å²) in [6.07, 6.45) is 0. The number of rotatable bonds is 7. The Morgan fingerprint density at radius 1 is 0.351 bits per heavy atom. The molecule has 57 heavy (non-hydrogen) atoms. The molecule has 0 saturated heterocycles. The third kappa shape index (κ3) is 5.63. The summed E-state index contributed by atoms with van der Waals surface area (Å²) in [6.45, 7) is 0. The van der Waals surface area contributed by atoms with Gasteiger partial charge in [0.2, 0.25) is 0 Å². The molecule has 0 fully saturated rings. The number of hydrogen-bond donors (Lipinski definition) is 0. The first kappa shape index (κ1) is 33.2. The van der Waals surface area contributed by atoms with Crippen LogP contribution < -0.4 is 4.90 Å². The van der Waals surface area contributed by atoms with E-state index in [1.807, 2.05) is 11.3 Å². The van der Waals surface area contributed by atoms with Crippen molar-refractivity contribution in [2.24, 2.45) is 0 Å². The lowest BCUT2D eigenvalue weighted by Gasteiger charge is -2.29. The maximum Gasteiger partial charge on any atom is 0.0561 e. The number of anilines is 3. The van der Waals surface area contributed by atoms with Gasteiger partial charge in [-0.25, -0.2) is 0 Å². The minimum atomic E-state index is 1.09. The lowest BCUT2D eigenvalue weighted by Crippen LogP contribution is -2.11. The molecule has 0 spiro atoms. The van der Waals surface area contributed by atoms with E-state index in [4.69, 9.17) is 0 Å². The van der Waals surface area contributed by atoms with Gasteiger partial charge in [-0.1, -0.05) is 164 Å². The van der Waals surface area contributed by atoms with Crippen molar-refractivity contribution in [3.63, 3.8) is 0 Å². The molecule has 0 unspecified atom stereocenters. The van der Waals surface area contributed by atoms with Gasteiger partial charge in [-0.3, -0.25) is 0 Å². The fourth-order valence-corrected chi connectivity index (χ4v) is 9.88. The van der Waals surface area contributed by atoms with Gasteiger partial charge in [-0.15, -0.1) is 11.3 Å². The number of nitrogens with zero attached hydrogens (tertiary/aromatic N) is 2. The molecule has 9 aromatic carbocycles. The second kappa shape index (κ2) is 13.8. The van der Waals surface area contributed by atoms with Crippen molar-refractivity contribution >= 4 is 70.4 Å². The molecule has 268 valence electrons. The molecular formula is C54H36N2S. The van der Waals surface area contributed by atoms with Gasteiger partial charge in [0, 0.05) is 59.1 Å². The predicted molar refractivity (Wildman–Crippen MR) is 245 cm³/mol. The zero-order valence-corrected chi connectivity index (χ0v) is 31.9. The summed E-state index contributed by atoms with van der Waals surface area (Å²) < 4.78 is 5.01. The Balaban J connectivity index is 1.17.